The maximum atomic E-state index is 6.07. The normalized spacial score (nSPS) is 12.0. The van der Waals surface area contributed by atoms with E-state index in [1.165, 1.54) is 21.5 Å². The predicted molar refractivity (Wildman–Crippen MR) is 125 cm³/mol. The molecule has 0 radical (unpaired) electrons. The number of pyridine rings is 1. The summed E-state index contributed by atoms with van der Waals surface area (Å²) in [7, 11) is -1.51. The highest BCUT2D eigenvalue weighted by Crippen LogP contribution is 2.31. The fourth-order valence-electron chi connectivity index (χ4n) is 3.94. The van der Waals surface area contributed by atoms with Gasteiger partial charge in [0.2, 0.25) is 0 Å². The van der Waals surface area contributed by atoms with Gasteiger partial charge in [-0.2, -0.15) is 0 Å². The van der Waals surface area contributed by atoms with Crippen LogP contribution in [0.1, 0.15) is 0 Å². The Bertz CT molecular complexity index is 1310. The third-order valence-electron chi connectivity index (χ3n) is 5.44. The first-order valence-corrected chi connectivity index (χ1v) is 13.5. The van der Waals surface area contributed by atoms with E-state index in [1.54, 1.807) is 0 Å². The monoisotopic (exact) mass is 393 g/mol. The molecule has 2 nitrogen and oxygen atoms in total. The molecule has 2 heterocycles. The third kappa shape index (κ3) is 3.28. The lowest BCUT2D eigenvalue weighted by molar-refractivity contribution is 0.631. The van der Waals surface area contributed by atoms with E-state index >= 15 is 0 Å². The second-order valence-electron chi connectivity index (χ2n) is 8.57. The maximum absolute atomic E-state index is 6.07. The molecule has 0 saturated heterocycles. The molecule has 0 saturated carbocycles. The van der Waals surface area contributed by atoms with Crippen LogP contribution in [0.3, 0.4) is 0 Å². The number of benzene rings is 3. The lowest BCUT2D eigenvalue weighted by Gasteiger charge is -2.21. The van der Waals surface area contributed by atoms with Crippen molar-refractivity contribution in [3.63, 3.8) is 0 Å². The molecule has 3 heteroatoms. The van der Waals surface area contributed by atoms with E-state index in [0.717, 1.165) is 28.0 Å². The average molecular weight is 394 g/mol. The minimum Gasteiger partial charge on any atom is -0.456 e. The number of para-hydroxylation sites is 1. The van der Waals surface area contributed by atoms with Crippen molar-refractivity contribution in [2.75, 3.05) is 0 Å². The van der Waals surface area contributed by atoms with Gasteiger partial charge >= 0.3 is 0 Å². The van der Waals surface area contributed by atoms with Gasteiger partial charge in [-0.25, -0.2) is 0 Å². The molecule has 142 valence electrons. The molecule has 0 unspecified atom stereocenters. The average Bonchev–Trinajstić information content (AvgIpc) is 3.17. The third-order valence-corrected chi connectivity index (χ3v) is 7.47. The number of aromatic nitrogens is 1. The van der Waals surface area contributed by atoms with Crippen LogP contribution in [0.4, 0.5) is 0 Å². The molecule has 0 N–H and O–H groups in total. The molecule has 0 aliphatic carbocycles. The SMILES string of the molecule is C[Si](C)(C)c1cc(-c2cc(-c3cc4ccccc4o3)ccn2)cc2ccccc12. The van der Waals surface area contributed by atoms with Gasteiger partial charge in [-0.05, 0) is 41.1 Å². The van der Waals surface area contributed by atoms with Crippen LogP contribution in [-0.2, 0) is 0 Å². The van der Waals surface area contributed by atoms with Crippen LogP contribution >= 0.6 is 0 Å². The molecule has 3 aromatic carbocycles. The largest absolute Gasteiger partial charge is 0.456 e. The summed E-state index contributed by atoms with van der Waals surface area (Å²) < 4.78 is 6.07. The number of rotatable bonds is 3. The van der Waals surface area contributed by atoms with Crippen LogP contribution in [-0.4, -0.2) is 13.1 Å². The smallest absolute Gasteiger partial charge is 0.135 e. The topological polar surface area (TPSA) is 26.0 Å². The first-order valence-electron chi connectivity index (χ1n) is 9.98. The van der Waals surface area contributed by atoms with Gasteiger partial charge in [0, 0.05) is 22.7 Å². The maximum Gasteiger partial charge on any atom is 0.135 e. The molecule has 0 bridgehead atoms. The van der Waals surface area contributed by atoms with E-state index in [0.29, 0.717) is 0 Å². The van der Waals surface area contributed by atoms with Crippen molar-refractivity contribution in [2.45, 2.75) is 19.6 Å². The predicted octanol–water partition coefficient (Wildman–Crippen LogP) is 6.86. The number of hydrogen-bond donors (Lipinski definition) is 0. The lowest BCUT2D eigenvalue weighted by Crippen LogP contribution is -2.38. The van der Waals surface area contributed by atoms with Crippen molar-refractivity contribution in [1.29, 1.82) is 0 Å². The summed E-state index contributed by atoms with van der Waals surface area (Å²) in [6.45, 7) is 7.20. The van der Waals surface area contributed by atoms with Crippen LogP contribution < -0.4 is 5.19 Å². The molecule has 0 atom stereocenters. The summed E-state index contributed by atoms with van der Waals surface area (Å²) in [5, 5.41) is 5.23. The van der Waals surface area contributed by atoms with Gasteiger partial charge in [-0.1, -0.05) is 73.4 Å². The molecule has 0 aliphatic rings. The van der Waals surface area contributed by atoms with Crippen LogP contribution in [0.15, 0.2) is 89.5 Å². The first kappa shape index (κ1) is 17.9. The van der Waals surface area contributed by atoms with Crippen molar-refractivity contribution < 1.29 is 4.42 Å². The van der Waals surface area contributed by atoms with Gasteiger partial charge in [0.15, 0.2) is 0 Å². The highest BCUT2D eigenvalue weighted by Gasteiger charge is 2.20. The molecule has 5 aromatic rings. The molecular formula is C26H23NOSi. The highest BCUT2D eigenvalue weighted by molar-refractivity contribution is 6.90. The number of furan rings is 1. The Kier molecular flexibility index (Phi) is 4.14. The van der Waals surface area contributed by atoms with Crippen LogP contribution in [0, 0.1) is 0 Å². The molecule has 0 aliphatic heterocycles. The van der Waals surface area contributed by atoms with Gasteiger partial charge in [-0.15, -0.1) is 0 Å². The molecule has 0 amide bonds. The van der Waals surface area contributed by atoms with Crippen molar-refractivity contribution in [2.24, 2.45) is 0 Å². The van der Waals surface area contributed by atoms with Crippen LogP contribution in [0.2, 0.25) is 19.6 Å². The fraction of sp³-hybridized carbons (Fsp3) is 0.115. The van der Waals surface area contributed by atoms with Crippen LogP contribution in [0.25, 0.3) is 44.3 Å². The zero-order valence-corrected chi connectivity index (χ0v) is 17.9. The Morgan fingerprint density at radius 3 is 2.28 bits per heavy atom. The van der Waals surface area contributed by atoms with Gasteiger partial charge in [0.05, 0.1) is 13.8 Å². The van der Waals surface area contributed by atoms with E-state index in [-0.39, 0.29) is 0 Å². The van der Waals surface area contributed by atoms with E-state index in [9.17, 15) is 0 Å². The molecule has 0 fully saturated rings. The molecular weight excluding hydrogens is 370 g/mol. The summed E-state index contributed by atoms with van der Waals surface area (Å²) in [6.07, 6.45) is 1.88. The minimum atomic E-state index is -1.51. The zero-order valence-electron chi connectivity index (χ0n) is 16.9. The summed E-state index contributed by atoms with van der Waals surface area (Å²) >= 11 is 0. The van der Waals surface area contributed by atoms with Crippen molar-refractivity contribution in [3.05, 3.63) is 85.1 Å². The van der Waals surface area contributed by atoms with Crippen molar-refractivity contribution in [3.8, 4) is 22.6 Å². The molecule has 29 heavy (non-hydrogen) atoms. The summed E-state index contributed by atoms with van der Waals surface area (Å²) in [5.74, 6) is 0.876. The Balaban J connectivity index is 1.67. The molecule has 2 aromatic heterocycles. The summed E-state index contributed by atoms with van der Waals surface area (Å²) in [5.41, 5.74) is 4.11. The van der Waals surface area contributed by atoms with E-state index < -0.39 is 8.07 Å². The van der Waals surface area contributed by atoms with Crippen molar-refractivity contribution in [1.82, 2.24) is 4.98 Å². The van der Waals surface area contributed by atoms with E-state index in [2.05, 4.69) is 74.2 Å². The number of hydrogen-bond acceptors (Lipinski definition) is 2. The molecule has 0 spiro atoms. The zero-order chi connectivity index (χ0) is 20.0. The Labute approximate surface area is 171 Å². The van der Waals surface area contributed by atoms with E-state index in [1.807, 2.05) is 30.5 Å². The summed E-state index contributed by atoms with van der Waals surface area (Å²) in [6, 6.07) is 27.6. The minimum absolute atomic E-state index is 0.876. The number of nitrogens with zero attached hydrogens (tertiary/aromatic N) is 1. The standard InChI is InChI=1S/C26H23NOSi/c1-29(2,3)26-17-21(14-18-8-4-6-10-22(18)26)23-15-20(12-13-27-23)25-16-19-9-5-7-11-24(19)28-25/h4-17H,1-3H3. The van der Waals surface area contributed by atoms with Gasteiger partial charge in [0.25, 0.3) is 0 Å². The van der Waals surface area contributed by atoms with Gasteiger partial charge in [-0.3, -0.25) is 4.98 Å². The number of fused-ring (bicyclic) bond motifs is 2. The fourth-order valence-corrected chi connectivity index (χ4v) is 5.57. The Morgan fingerprint density at radius 1 is 0.724 bits per heavy atom. The van der Waals surface area contributed by atoms with Gasteiger partial charge in [0.1, 0.15) is 11.3 Å². The van der Waals surface area contributed by atoms with Crippen LogP contribution in [0.5, 0.6) is 0 Å². The summed E-state index contributed by atoms with van der Waals surface area (Å²) in [4.78, 5) is 4.69. The Hall–Kier alpha value is -3.17. The van der Waals surface area contributed by atoms with Gasteiger partial charge < -0.3 is 4.42 Å². The quantitative estimate of drug-likeness (QED) is 0.313. The molecule has 5 rings (SSSR count). The van der Waals surface area contributed by atoms with Crippen molar-refractivity contribution >= 4 is 35.0 Å². The second kappa shape index (κ2) is 6.71. The lowest BCUT2D eigenvalue weighted by atomic mass is 10.0. The Morgan fingerprint density at radius 2 is 1.48 bits per heavy atom. The second-order valence-corrected chi connectivity index (χ2v) is 13.6. The first-order chi connectivity index (χ1) is 14.0. The highest BCUT2D eigenvalue weighted by atomic mass is 28.3. The van der Waals surface area contributed by atoms with E-state index in [4.69, 9.17) is 9.40 Å².